The summed E-state index contributed by atoms with van der Waals surface area (Å²) in [4.78, 5) is 11.1. The number of halogens is 1. The standard InChI is InChI=1S/C6H7BrN2O3/c1-4(7)3-11-6(10)5-2-8-12-9-5/h2,4H,3H2,1H3. The summed E-state index contributed by atoms with van der Waals surface area (Å²) in [5.74, 6) is -0.525. The molecule has 0 bridgehead atoms. The predicted molar refractivity (Wildman–Crippen MR) is 43.0 cm³/mol. The van der Waals surface area contributed by atoms with E-state index in [1.165, 1.54) is 6.20 Å². The van der Waals surface area contributed by atoms with Crippen molar-refractivity contribution in [1.82, 2.24) is 10.3 Å². The fourth-order valence-electron chi connectivity index (χ4n) is 0.519. The molecule has 66 valence electrons. The lowest BCUT2D eigenvalue weighted by atomic mass is 10.5. The third-order valence-corrected chi connectivity index (χ3v) is 1.28. The van der Waals surface area contributed by atoms with E-state index in [2.05, 4.69) is 30.9 Å². The molecule has 1 heterocycles. The minimum Gasteiger partial charge on any atom is -0.460 e. The predicted octanol–water partition coefficient (Wildman–Crippen LogP) is 1.01. The Bertz CT molecular complexity index is 247. The molecule has 1 aromatic rings. The summed E-state index contributed by atoms with van der Waals surface area (Å²) < 4.78 is 9.03. The van der Waals surface area contributed by atoms with Crippen LogP contribution < -0.4 is 0 Å². The molecule has 6 heteroatoms. The zero-order valence-electron chi connectivity index (χ0n) is 6.36. The Balaban J connectivity index is 2.40. The van der Waals surface area contributed by atoms with Crippen LogP contribution in [-0.2, 0) is 4.74 Å². The molecule has 0 aliphatic rings. The third-order valence-electron chi connectivity index (χ3n) is 1.01. The average molecular weight is 235 g/mol. The first-order valence-corrected chi connectivity index (χ1v) is 4.20. The second-order valence-corrected chi connectivity index (χ2v) is 3.74. The number of carbonyl (C=O) groups is 1. The molecule has 12 heavy (non-hydrogen) atoms. The largest absolute Gasteiger partial charge is 0.460 e. The molecule has 0 aromatic carbocycles. The second-order valence-electron chi connectivity index (χ2n) is 2.17. The molecule has 1 aromatic heterocycles. The first-order valence-electron chi connectivity index (χ1n) is 3.29. The molecule has 0 aliphatic carbocycles. The summed E-state index contributed by atoms with van der Waals surface area (Å²) in [6, 6.07) is 0. The van der Waals surface area contributed by atoms with Gasteiger partial charge in [0.2, 0.25) is 5.69 Å². The molecule has 1 atom stereocenters. The van der Waals surface area contributed by atoms with Gasteiger partial charge in [0.1, 0.15) is 12.8 Å². The van der Waals surface area contributed by atoms with Crippen LogP contribution in [0.2, 0.25) is 0 Å². The Morgan fingerprint density at radius 2 is 2.67 bits per heavy atom. The van der Waals surface area contributed by atoms with E-state index in [1.807, 2.05) is 6.92 Å². The van der Waals surface area contributed by atoms with E-state index in [0.29, 0.717) is 6.61 Å². The van der Waals surface area contributed by atoms with E-state index in [1.54, 1.807) is 0 Å². The Morgan fingerprint density at radius 1 is 1.92 bits per heavy atom. The molecular formula is C6H7BrN2O3. The fourth-order valence-corrected chi connectivity index (χ4v) is 0.651. The van der Waals surface area contributed by atoms with Gasteiger partial charge in [-0.15, -0.1) is 0 Å². The molecule has 1 rings (SSSR count). The number of ether oxygens (including phenoxy) is 1. The molecule has 0 amide bonds. The number of aromatic nitrogens is 2. The highest BCUT2D eigenvalue weighted by molar-refractivity contribution is 9.09. The van der Waals surface area contributed by atoms with Gasteiger partial charge in [-0.2, -0.15) is 0 Å². The molecule has 1 unspecified atom stereocenters. The molecule has 0 saturated carbocycles. The van der Waals surface area contributed by atoms with Crippen LogP contribution in [0.4, 0.5) is 0 Å². The van der Waals surface area contributed by atoms with Crippen molar-refractivity contribution in [2.45, 2.75) is 11.8 Å². The van der Waals surface area contributed by atoms with Gasteiger partial charge in [0.05, 0.1) is 0 Å². The number of hydrogen-bond donors (Lipinski definition) is 0. The highest BCUT2D eigenvalue weighted by Crippen LogP contribution is 2.00. The van der Waals surface area contributed by atoms with Crippen molar-refractivity contribution >= 4 is 21.9 Å². The third kappa shape index (κ3) is 2.61. The van der Waals surface area contributed by atoms with Crippen LogP contribution in [0.15, 0.2) is 10.8 Å². The van der Waals surface area contributed by atoms with E-state index in [-0.39, 0.29) is 10.5 Å². The molecule has 0 N–H and O–H groups in total. The first kappa shape index (κ1) is 9.18. The lowest BCUT2D eigenvalue weighted by Crippen LogP contribution is -2.11. The van der Waals surface area contributed by atoms with Crippen molar-refractivity contribution in [3.8, 4) is 0 Å². The van der Waals surface area contributed by atoms with Crippen molar-refractivity contribution in [3.05, 3.63) is 11.9 Å². The van der Waals surface area contributed by atoms with E-state index in [4.69, 9.17) is 4.74 Å². The normalized spacial score (nSPS) is 12.5. The monoisotopic (exact) mass is 234 g/mol. The quantitative estimate of drug-likeness (QED) is 0.577. The van der Waals surface area contributed by atoms with Crippen molar-refractivity contribution in [1.29, 1.82) is 0 Å². The zero-order valence-corrected chi connectivity index (χ0v) is 7.94. The number of esters is 1. The van der Waals surface area contributed by atoms with Gasteiger partial charge in [-0.3, -0.25) is 0 Å². The Hall–Kier alpha value is -0.910. The molecular weight excluding hydrogens is 228 g/mol. The Morgan fingerprint density at radius 3 is 3.17 bits per heavy atom. The maximum absolute atomic E-state index is 11.0. The van der Waals surface area contributed by atoms with Crippen LogP contribution in [0.5, 0.6) is 0 Å². The van der Waals surface area contributed by atoms with Crippen molar-refractivity contribution in [2.24, 2.45) is 0 Å². The van der Waals surface area contributed by atoms with Gasteiger partial charge in [0.25, 0.3) is 0 Å². The highest BCUT2D eigenvalue weighted by Gasteiger charge is 2.11. The van der Waals surface area contributed by atoms with Gasteiger partial charge < -0.3 is 4.74 Å². The summed E-state index contributed by atoms with van der Waals surface area (Å²) in [5.41, 5.74) is 0.0863. The van der Waals surface area contributed by atoms with Gasteiger partial charge in [-0.05, 0) is 12.1 Å². The Kier molecular flexibility index (Phi) is 3.21. The van der Waals surface area contributed by atoms with Crippen LogP contribution >= 0.6 is 15.9 Å². The van der Waals surface area contributed by atoms with Crippen molar-refractivity contribution in [2.75, 3.05) is 6.61 Å². The van der Waals surface area contributed by atoms with Crippen LogP contribution in [0.1, 0.15) is 17.4 Å². The summed E-state index contributed by atoms with van der Waals surface area (Å²) in [5, 5.41) is 6.59. The van der Waals surface area contributed by atoms with E-state index >= 15 is 0 Å². The van der Waals surface area contributed by atoms with Gasteiger partial charge in [-0.25, -0.2) is 9.42 Å². The Labute approximate surface area is 77.2 Å². The van der Waals surface area contributed by atoms with Gasteiger partial charge in [0, 0.05) is 4.83 Å². The average Bonchev–Trinajstić information content (AvgIpc) is 2.51. The molecule has 5 nitrogen and oxygen atoms in total. The van der Waals surface area contributed by atoms with Gasteiger partial charge >= 0.3 is 5.97 Å². The van der Waals surface area contributed by atoms with Crippen molar-refractivity contribution in [3.63, 3.8) is 0 Å². The summed E-state index contributed by atoms with van der Waals surface area (Å²) >= 11 is 3.23. The minimum atomic E-state index is -0.525. The smallest absolute Gasteiger partial charge is 0.362 e. The van der Waals surface area contributed by atoms with Crippen LogP contribution in [-0.4, -0.2) is 27.7 Å². The first-order chi connectivity index (χ1) is 5.70. The summed E-state index contributed by atoms with van der Waals surface area (Å²) in [6.07, 6.45) is 1.21. The number of nitrogens with zero attached hydrogens (tertiary/aromatic N) is 2. The van der Waals surface area contributed by atoms with Gasteiger partial charge in [0.15, 0.2) is 0 Å². The number of carbonyl (C=O) groups excluding carboxylic acids is 1. The molecule has 0 radical (unpaired) electrons. The number of rotatable bonds is 3. The lowest BCUT2D eigenvalue weighted by Gasteiger charge is -2.02. The second kappa shape index (κ2) is 4.20. The van der Waals surface area contributed by atoms with Crippen molar-refractivity contribution < 1.29 is 14.2 Å². The van der Waals surface area contributed by atoms with Gasteiger partial charge in [-0.1, -0.05) is 21.1 Å². The number of alkyl halides is 1. The molecule has 0 aliphatic heterocycles. The fraction of sp³-hybridized carbons (Fsp3) is 0.500. The summed E-state index contributed by atoms with van der Waals surface area (Å²) in [6.45, 7) is 2.17. The highest BCUT2D eigenvalue weighted by atomic mass is 79.9. The number of hydrogen-bond acceptors (Lipinski definition) is 5. The van der Waals surface area contributed by atoms with Crippen LogP contribution in [0, 0.1) is 0 Å². The SMILES string of the molecule is CC(Br)COC(=O)c1cnon1. The molecule has 0 saturated heterocycles. The van der Waals surface area contributed by atoms with Crippen LogP contribution in [0.25, 0.3) is 0 Å². The zero-order chi connectivity index (χ0) is 8.97. The lowest BCUT2D eigenvalue weighted by molar-refractivity contribution is 0.0499. The maximum atomic E-state index is 11.0. The minimum absolute atomic E-state index is 0.0863. The molecule has 0 fully saturated rings. The van der Waals surface area contributed by atoms with E-state index in [9.17, 15) is 4.79 Å². The topological polar surface area (TPSA) is 65.2 Å². The maximum Gasteiger partial charge on any atom is 0.362 e. The van der Waals surface area contributed by atoms with E-state index in [0.717, 1.165) is 0 Å². The van der Waals surface area contributed by atoms with E-state index < -0.39 is 5.97 Å². The molecule has 0 spiro atoms. The van der Waals surface area contributed by atoms with Crippen LogP contribution in [0.3, 0.4) is 0 Å². The summed E-state index contributed by atoms with van der Waals surface area (Å²) in [7, 11) is 0.